The molecule has 0 fully saturated rings. The molecule has 0 heterocycles. The molecule has 2 nitrogen and oxygen atoms in total. The molecule has 0 saturated carbocycles. The van der Waals surface area contributed by atoms with E-state index in [1.54, 1.807) is 0 Å². The summed E-state index contributed by atoms with van der Waals surface area (Å²) in [4.78, 5) is 10.8. The highest BCUT2D eigenvalue weighted by molar-refractivity contribution is 5.74. The van der Waals surface area contributed by atoms with Gasteiger partial charge in [-0.05, 0) is 6.42 Å². The predicted molar refractivity (Wildman–Crippen MR) is 81.1 cm³/mol. The third kappa shape index (κ3) is 12.0. The first-order valence-corrected chi connectivity index (χ1v) is 7.90. The molecule has 0 aromatic rings. The smallest absolute Gasteiger partial charge is 0.340 e. The molecule has 0 N–H and O–H groups in total. The average molecular weight is 284 g/mol. The topological polar surface area (TPSA) is 26.3 Å². The van der Waals surface area contributed by atoms with Gasteiger partial charge in [0.1, 0.15) is 0 Å². The lowest BCUT2D eigenvalue weighted by atomic mass is 10.1. The second kappa shape index (κ2) is 14.4. The van der Waals surface area contributed by atoms with Crippen molar-refractivity contribution in [1.29, 1.82) is 0 Å². The first kappa shape index (κ1) is 19.0. The molecule has 1 unspecified atom stereocenters. The highest BCUT2D eigenvalue weighted by Gasteiger charge is 2.15. The molecular formula is C17H29FO2. The molecule has 3 heteroatoms. The van der Waals surface area contributed by atoms with Crippen molar-refractivity contribution >= 4 is 5.97 Å². The van der Waals surface area contributed by atoms with E-state index in [4.69, 9.17) is 0 Å². The highest BCUT2D eigenvalue weighted by Crippen LogP contribution is 2.09. The maximum atomic E-state index is 13.1. The summed E-state index contributed by atoms with van der Waals surface area (Å²) in [7, 11) is 1.20. The molecule has 0 aliphatic carbocycles. The summed E-state index contributed by atoms with van der Waals surface area (Å²) in [6.07, 6.45) is 10.2. The fourth-order valence-corrected chi connectivity index (χ4v) is 1.97. The summed E-state index contributed by atoms with van der Waals surface area (Å²) in [6, 6.07) is 0. The van der Waals surface area contributed by atoms with Crippen LogP contribution in [0, 0.1) is 11.8 Å². The quantitative estimate of drug-likeness (QED) is 0.309. The average Bonchev–Trinajstić information content (AvgIpc) is 2.47. The van der Waals surface area contributed by atoms with E-state index in [9.17, 15) is 9.18 Å². The lowest BCUT2D eigenvalue weighted by Crippen LogP contribution is -2.16. The Hall–Kier alpha value is -1.04. The van der Waals surface area contributed by atoms with Crippen LogP contribution in [0.15, 0.2) is 0 Å². The van der Waals surface area contributed by atoms with E-state index in [-0.39, 0.29) is 6.42 Å². The molecule has 0 saturated heterocycles. The van der Waals surface area contributed by atoms with Gasteiger partial charge in [0.05, 0.1) is 7.11 Å². The van der Waals surface area contributed by atoms with Crippen molar-refractivity contribution in [3.8, 4) is 11.8 Å². The molecular weight excluding hydrogens is 255 g/mol. The number of hydrogen-bond acceptors (Lipinski definition) is 2. The summed E-state index contributed by atoms with van der Waals surface area (Å²) in [5, 5.41) is 0. The van der Waals surface area contributed by atoms with Crippen LogP contribution in [0.2, 0.25) is 0 Å². The lowest BCUT2D eigenvalue weighted by molar-refractivity contribution is -0.146. The van der Waals surface area contributed by atoms with Crippen LogP contribution in [0.1, 0.15) is 77.6 Å². The van der Waals surface area contributed by atoms with E-state index >= 15 is 0 Å². The van der Waals surface area contributed by atoms with E-state index in [1.807, 2.05) is 0 Å². The number of unbranched alkanes of at least 4 members (excludes halogenated alkanes) is 8. The van der Waals surface area contributed by atoms with Gasteiger partial charge in [0, 0.05) is 19.3 Å². The van der Waals surface area contributed by atoms with Crippen molar-refractivity contribution in [2.75, 3.05) is 7.11 Å². The molecule has 0 amide bonds. The Labute approximate surface area is 123 Å². The van der Waals surface area contributed by atoms with Crippen LogP contribution in [-0.4, -0.2) is 19.3 Å². The third-order valence-corrected chi connectivity index (χ3v) is 3.26. The Bertz CT molecular complexity index is 291. The summed E-state index contributed by atoms with van der Waals surface area (Å²) in [5.41, 5.74) is 0. The Morgan fingerprint density at radius 1 is 1.00 bits per heavy atom. The van der Waals surface area contributed by atoms with Crippen molar-refractivity contribution in [3.05, 3.63) is 0 Å². The van der Waals surface area contributed by atoms with Crippen LogP contribution in [0.25, 0.3) is 0 Å². The third-order valence-electron chi connectivity index (χ3n) is 3.26. The number of carbonyl (C=O) groups is 1. The van der Waals surface area contributed by atoms with Gasteiger partial charge in [0.15, 0.2) is 6.17 Å². The van der Waals surface area contributed by atoms with Gasteiger partial charge in [-0.25, -0.2) is 9.18 Å². The molecule has 116 valence electrons. The maximum Gasteiger partial charge on any atom is 0.340 e. The van der Waals surface area contributed by atoms with Crippen molar-refractivity contribution < 1.29 is 13.9 Å². The van der Waals surface area contributed by atoms with Gasteiger partial charge in [-0.15, -0.1) is 11.8 Å². The second-order valence-corrected chi connectivity index (χ2v) is 5.11. The summed E-state index contributed by atoms with van der Waals surface area (Å²) < 4.78 is 17.4. The van der Waals surface area contributed by atoms with Gasteiger partial charge in [-0.2, -0.15) is 0 Å². The molecule has 0 aromatic carbocycles. The number of esters is 1. The summed E-state index contributed by atoms with van der Waals surface area (Å²) in [6.45, 7) is 2.23. The molecule has 0 aromatic heterocycles. The minimum Gasteiger partial charge on any atom is -0.467 e. The van der Waals surface area contributed by atoms with Crippen LogP contribution in [0.4, 0.5) is 4.39 Å². The fraction of sp³-hybridized carbons (Fsp3) is 0.824. The molecule has 20 heavy (non-hydrogen) atoms. The van der Waals surface area contributed by atoms with E-state index in [0.717, 1.165) is 12.8 Å². The number of ether oxygens (including phenoxy) is 1. The zero-order valence-corrected chi connectivity index (χ0v) is 13.0. The largest absolute Gasteiger partial charge is 0.467 e. The minimum absolute atomic E-state index is 0.136. The number of hydrogen-bond donors (Lipinski definition) is 0. The molecule has 0 spiro atoms. The Morgan fingerprint density at radius 3 is 2.15 bits per heavy atom. The zero-order chi connectivity index (χ0) is 15.1. The van der Waals surface area contributed by atoms with E-state index < -0.39 is 12.1 Å². The Balaban J connectivity index is 3.31. The van der Waals surface area contributed by atoms with Gasteiger partial charge in [0.25, 0.3) is 0 Å². The van der Waals surface area contributed by atoms with Crippen molar-refractivity contribution in [2.24, 2.45) is 0 Å². The maximum absolute atomic E-state index is 13.1. The molecule has 0 radical (unpaired) electrons. The molecule has 0 bridgehead atoms. The van der Waals surface area contributed by atoms with Gasteiger partial charge >= 0.3 is 5.97 Å². The number of rotatable bonds is 11. The minimum atomic E-state index is -1.53. The number of carbonyl (C=O) groups excluding carboxylic acids is 1. The standard InChI is InChI=1S/C17H29FO2/c1-3-4-5-6-7-8-9-10-11-12-13-14-15-16(18)17(19)20-2/h16H,3-11,14-15H2,1-2H3. The second-order valence-electron chi connectivity index (χ2n) is 5.11. The number of halogens is 1. The van der Waals surface area contributed by atoms with E-state index in [0.29, 0.717) is 6.42 Å². The first-order chi connectivity index (χ1) is 9.72. The van der Waals surface area contributed by atoms with Gasteiger partial charge in [-0.3, -0.25) is 0 Å². The van der Waals surface area contributed by atoms with Gasteiger partial charge in [-0.1, -0.05) is 51.9 Å². The van der Waals surface area contributed by atoms with Crippen LogP contribution < -0.4 is 0 Å². The van der Waals surface area contributed by atoms with E-state index in [2.05, 4.69) is 23.5 Å². The van der Waals surface area contributed by atoms with Crippen LogP contribution in [0.3, 0.4) is 0 Å². The van der Waals surface area contributed by atoms with Crippen LogP contribution in [-0.2, 0) is 9.53 Å². The summed E-state index contributed by atoms with van der Waals surface area (Å²) in [5.74, 6) is 5.16. The van der Waals surface area contributed by atoms with E-state index in [1.165, 1.54) is 52.1 Å². The first-order valence-electron chi connectivity index (χ1n) is 7.90. The predicted octanol–water partition coefficient (Wildman–Crippen LogP) is 4.81. The number of alkyl halides is 1. The van der Waals surface area contributed by atoms with Crippen LogP contribution in [0.5, 0.6) is 0 Å². The highest BCUT2D eigenvalue weighted by atomic mass is 19.1. The van der Waals surface area contributed by atoms with Crippen LogP contribution >= 0.6 is 0 Å². The molecule has 0 aliphatic rings. The Morgan fingerprint density at radius 2 is 1.55 bits per heavy atom. The zero-order valence-electron chi connectivity index (χ0n) is 13.0. The molecule has 0 rings (SSSR count). The number of methoxy groups -OCH3 is 1. The summed E-state index contributed by atoms with van der Waals surface area (Å²) >= 11 is 0. The Kier molecular flexibility index (Phi) is 13.6. The monoisotopic (exact) mass is 284 g/mol. The van der Waals surface area contributed by atoms with Crippen molar-refractivity contribution in [2.45, 2.75) is 83.7 Å². The van der Waals surface area contributed by atoms with Crippen molar-refractivity contribution in [3.63, 3.8) is 0 Å². The molecule has 1 atom stereocenters. The van der Waals surface area contributed by atoms with Gasteiger partial charge in [0.2, 0.25) is 0 Å². The van der Waals surface area contributed by atoms with Gasteiger partial charge < -0.3 is 4.74 Å². The lowest BCUT2D eigenvalue weighted by Gasteiger charge is -2.01. The SMILES string of the molecule is CCCCCCCCCCC#CCCC(F)C(=O)OC. The fourth-order valence-electron chi connectivity index (χ4n) is 1.97. The normalized spacial score (nSPS) is 11.6. The van der Waals surface area contributed by atoms with Crippen molar-refractivity contribution in [1.82, 2.24) is 0 Å². The molecule has 0 aliphatic heterocycles.